The second-order valence-electron chi connectivity index (χ2n) is 4.19. The van der Waals surface area contributed by atoms with Crippen LogP contribution >= 0.6 is 0 Å². The monoisotopic (exact) mass is 263 g/mol. The van der Waals surface area contributed by atoms with Crippen molar-refractivity contribution < 1.29 is 14.6 Å². The maximum atomic E-state index is 11.5. The first-order chi connectivity index (χ1) is 9.26. The Balaban J connectivity index is 2.32. The second kappa shape index (κ2) is 9.16. The Morgan fingerprint density at radius 3 is 2.95 bits per heavy atom. The number of amides is 1. The molecule has 1 aromatic carbocycles. The number of carbonyl (C=O) groups is 1. The fraction of sp³-hybridized carbons (Fsp3) is 0.400. The molecule has 19 heavy (non-hydrogen) atoms. The molecule has 0 aliphatic carbocycles. The van der Waals surface area contributed by atoms with Gasteiger partial charge in [0.15, 0.2) is 0 Å². The summed E-state index contributed by atoms with van der Waals surface area (Å²) in [5, 5.41) is 11.4. The maximum absolute atomic E-state index is 11.5. The van der Waals surface area contributed by atoms with Crippen molar-refractivity contribution in [3.63, 3.8) is 0 Å². The summed E-state index contributed by atoms with van der Waals surface area (Å²) in [6.45, 7) is 0.852. The van der Waals surface area contributed by atoms with Crippen LogP contribution in [0.3, 0.4) is 0 Å². The van der Waals surface area contributed by atoms with Crippen LogP contribution in [0.4, 0.5) is 0 Å². The molecule has 0 bridgehead atoms. The van der Waals surface area contributed by atoms with Crippen LogP contribution in [0, 0.1) is 0 Å². The Hall–Kier alpha value is -1.81. The van der Waals surface area contributed by atoms with Crippen LogP contribution in [0.2, 0.25) is 0 Å². The minimum absolute atomic E-state index is 0.105. The molecule has 4 nitrogen and oxygen atoms in total. The number of ether oxygens (including phenoxy) is 1. The van der Waals surface area contributed by atoms with E-state index in [-0.39, 0.29) is 12.5 Å². The van der Waals surface area contributed by atoms with Crippen LogP contribution < -0.4 is 10.1 Å². The van der Waals surface area contributed by atoms with E-state index in [4.69, 9.17) is 9.84 Å². The van der Waals surface area contributed by atoms with Crippen LogP contribution in [0.25, 0.3) is 6.08 Å². The number of nitrogens with one attached hydrogen (secondary N) is 1. The lowest BCUT2D eigenvalue weighted by Crippen LogP contribution is -2.22. The van der Waals surface area contributed by atoms with Crippen LogP contribution in [0.5, 0.6) is 5.75 Å². The van der Waals surface area contributed by atoms with Gasteiger partial charge in [0.1, 0.15) is 5.75 Å². The minimum atomic E-state index is -0.105. The summed E-state index contributed by atoms with van der Waals surface area (Å²) in [5.74, 6) is 0.665. The normalized spacial score (nSPS) is 10.6. The molecule has 0 heterocycles. The molecule has 0 aliphatic rings. The largest absolute Gasteiger partial charge is 0.497 e. The van der Waals surface area contributed by atoms with Gasteiger partial charge in [-0.2, -0.15) is 0 Å². The van der Waals surface area contributed by atoms with E-state index in [1.807, 2.05) is 24.3 Å². The molecular formula is C15H21NO3. The molecule has 2 N–H and O–H groups in total. The first-order valence-electron chi connectivity index (χ1n) is 6.47. The molecule has 0 atom stereocenters. The van der Waals surface area contributed by atoms with Gasteiger partial charge in [0.05, 0.1) is 7.11 Å². The Morgan fingerprint density at radius 1 is 1.37 bits per heavy atom. The molecule has 0 unspecified atom stereocenters. The summed E-state index contributed by atoms with van der Waals surface area (Å²) in [6, 6.07) is 7.52. The average Bonchev–Trinajstić information content (AvgIpc) is 2.45. The maximum Gasteiger partial charge on any atom is 0.243 e. The highest BCUT2D eigenvalue weighted by atomic mass is 16.5. The Morgan fingerprint density at radius 2 is 2.21 bits per heavy atom. The second-order valence-corrected chi connectivity index (χ2v) is 4.19. The lowest BCUT2D eigenvalue weighted by Gasteiger charge is -2.02. The number of carbonyl (C=O) groups excluding carboxylic acids is 1. The third kappa shape index (κ3) is 6.62. The summed E-state index contributed by atoms with van der Waals surface area (Å²) in [7, 11) is 1.61. The predicted octanol–water partition coefficient (Wildman–Crippen LogP) is 1.99. The van der Waals surface area contributed by atoms with E-state index in [0.29, 0.717) is 6.54 Å². The van der Waals surface area contributed by atoms with Crippen molar-refractivity contribution in [3.8, 4) is 5.75 Å². The minimum Gasteiger partial charge on any atom is -0.497 e. The quantitative estimate of drug-likeness (QED) is 0.557. The Bertz CT molecular complexity index is 416. The van der Waals surface area contributed by atoms with Gasteiger partial charge in [-0.15, -0.1) is 0 Å². The molecule has 1 amide bonds. The highest BCUT2D eigenvalue weighted by Gasteiger charge is 1.96. The molecular weight excluding hydrogens is 242 g/mol. The third-order valence-electron chi connectivity index (χ3n) is 2.66. The zero-order chi connectivity index (χ0) is 13.9. The summed E-state index contributed by atoms with van der Waals surface area (Å²) < 4.78 is 5.11. The molecule has 0 aromatic heterocycles. The summed E-state index contributed by atoms with van der Waals surface area (Å²) in [4.78, 5) is 11.5. The molecule has 0 saturated carbocycles. The molecule has 0 spiro atoms. The van der Waals surface area contributed by atoms with Gasteiger partial charge in [0.2, 0.25) is 5.91 Å². The third-order valence-corrected chi connectivity index (χ3v) is 2.66. The van der Waals surface area contributed by atoms with Crippen molar-refractivity contribution in [1.82, 2.24) is 5.32 Å². The first-order valence-corrected chi connectivity index (χ1v) is 6.47. The van der Waals surface area contributed by atoms with Crippen molar-refractivity contribution in [1.29, 1.82) is 0 Å². The van der Waals surface area contributed by atoms with Crippen LogP contribution in [-0.2, 0) is 4.79 Å². The highest BCUT2D eigenvalue weighted by molar-refractivity contribution is 5.91. The van der Waals surface area contributed by atoms with E-state index in [9.17, 15) is 4.79 Å². The molecule has 1 rings (SSSR count). The number of rotatable bonds is 8. The van der Waals surface area contributed by atoms with Crippen molar-refractivity contribution in [2.75, 3.05) is 20.3 Å². The fourth-order valence-electron chi connectivity index (χ4n) is 1.60. The zero-order valence-electron chi connectivity index (χ0n) is 11.3. The van der Waals surface area contributed by atoms with Crippen LogP contribution in [-0.4, -0.2) is 31.3 Å². The Kier molecular flexibility index (Phi) is 7.35. The van der Waals surface area contributed by atoms with E-state index in [1.54, 1.807) is 13.2 Å². The van der Waals surface area contributed by atoms with Crippen molar-refractivity contribution >= 4 is 12.0 Å². The zero-order valence-corrected chi connectivity index (χ0v) is 11.3. The Labute approximate surface area is 114 Å². The van der Waals surface area contributed by atoms with Gasteiger partial charge in [-0.05, 0) is 43.0 Å². The summed E-state index contributed by atoms with van der Waals surface area (Å²) in [6.07, 6.45) is 5.87. The molecule has 1 aromatic rings. The smallest absolute Gasteiger partial charge is 0.243 e. The van der Waals surface area contributed by atoms with Gasteiger partial charge in [0.25, 0.3) is 0 Å². The van der Waals surface area contributed by atoms with Gasteiger partial charge < -0.3 is 15.2 Å². The first kappa shape index (κ1) is 15.2. The number of aliphatic hydroxyl groups excluding tert-OH is 1. The SMILES string of the molecule is COc1cccc(/C=C/C(=O)NCCCCCO)c1. The molecule has 0 aliphatic heterocycles. The topological polar surface area (TPSA) is 58.6 Å². The van der Waals surface area contributed by atoms with Crippen LogP contribution in [0.1, 0.15) is 24.8 Å². The standard InChI is InChI=1S/C15H21NO3/c1-19-14-7-5-6-13(12-14)8-9-15(18)16-10-3-2-4-11-17/h5-9,12,17H,2-4,10-11H2,1H3,(H,16,18)/b9-8+. The summed E-state index contributed by atoms with van der Waals surface area (Å²) in [5.41, 5.74) is 0.926. The van der Waals surface area contributed by atoms with Gasteiger partial charge in [0, 0.05) is 19.2 Å². The van der Waals surface area contributed by atoms with Gasteiger partial charge in [-0.25, -0.2) is 0 Å². The number of hydrogen-bond acceptors (Lipinski definition) is 3. The fourth-order valence-corrected chi connectivity index (χ4v) is 1.60. The van der Waals surface area contributed by atoms with Crippen molar-refractivity contribution in [2.45, 2.75) is 19.3 Å². The lowest BCUT2D eigenvalue weighted by molar-refractivity contribution is -0.116. The molecule has 0 radical (unpaired) electrons. The van der Waals surface area contributed by atoms with Crippen molar-refractivity contribution in [3.05, 3.63) is 35.9 Å². The van der Waals surface area contributed by atoms with Gasteiger partial charge in [-0.3, -0.25) is 4.79 Å². The van der Waals surface area contributed by atoms with E-state index in [0.717, 1.165) is 30.6 Å². The van der Waals surface area contributed by atoms with Gasteiger partial charge in [-0.1, -0.05) is 12.1 Å². The average molecular weight is 263 g/mol. The molecule has 4 heteroatoms. The van der Waals surface area contributed by atoms with E-state index >= 15 is 0 Å². The van der Waals surface area contributed by atoms with E-state index in [1.165, 1.54) is 6.08 Å². The van der Waals surface area contributed by atoms with E-state index < -0.39 is 0 Å². The van der Waals surface area contributed by atoms with Crippen LogP contribution in [0.15, 0.2) is 30.3 Å². The molecule has 104 valence electrons. The number of methoxy groups -OCH3 is 1. The number of unbranched alkanes of at least 4 members (excludes halogenated alkanes) is 2. The predicted molar refractivity (Wildman–Crippen MR) is 76.0 cm³/mol. The van der Waals surface area contributed by atoms with Gasteiger partial charge >= 0.3 is 0 Å². The molecule has 0 fully saturated rings. The number of benzene rings is 1. The number of aliphatic hydroxyl groups is 1. The number of hydrogen-bond donors (Lipinski definition) is 2. The van der Waals surface area contributed by atoms with Crippen molar-refractivity contribution in [2.24, 2.45) is 0 Å². The molecule has 0 saturated heterocycles. The summed E-state index contributed by atoms with van der Waals surface area (Å²) >= 11 is 0. The van der Waals surface area contributed by atoms with E-state index in [2.05, 4.69) is 5.32 Å². The highest BCUT2D eigenvalue weighted by Crippen LogP contribution is 2.13. The lowest BCUT2D eigenvalue weighted by atomic mass is 10.2.